The average molecular weight is 386 g/mol. The Balaban J connectivity index is 1.43. The molecule has 1 N–H and O–H groups in total. The molecule has 3 aromatic rings. The van der Waals surface area contributed by atoms with Crippen LogP contribution in [0, 0.1) is 5.92 Å². The highest BCUT2D eigenvalue weighted by Gasteiger charge is 2.44. The normalized spacial score (nSPS) is 19.2. The number of aromatic nitrogens is 1. The van der Waals surface area contributed by atoms with Crippen molar-refractivity contribution in [1.29, 1.82) is 0 Å². The average Bonchev–Trinajstić information content (AvgIpc) is 3.52. The van der Waals surface area contributed by atoms with E-state index in [4.69, 9.17) is 0 Å². The molecule has 148 valence electrons. The van der Waals surface area contributed by atoms with Gasteiger partial charge in [-0.3, -0.25) is 9.78 Å². The minimum atomic E-state index is -0.00356. The number of amides is 1. The fourth-order valence-corrected chi connectivity index (χ4v) is 3.80. The molecule has 29 heavy (non-hydrogen) atoms. The van der Waals surface area contributed by atoms with Crippen LogP contribution in [0.5, 0.6) is 0 Å². The molecule has 2 unspecified atom stereocenters. The third-order valence-corrected chi connectivity index (χ3v) is 5.74. The lowest BCUT2D eigenvalue weighted by Crippen LogP contribution is -2.21. The quantitative estimate of drug-likeness (QED) is 0.497. The Hall–Kier alpha value is -3.01. The molecule has 4 heteroatoms. The molecular weight excluding hydrogens is 358 g/mol. The zero-order valence-electron chi connectivity index (χ0n) is 17.4. The van der Waals surface area contributed by atoms with Gasteiger partial charge in [-0.2, -0.15) is 5.10 Å². The van der Waals surface area contributed by atoms with Gasteiger partial charge in [0.2, 0.25) is 5.91 Å². The van der Waals surface area contributed by atoms with Crippen LogP contribution < -0.4 is 5.43 Å². The van der Waals surface area contributed by atoms with Gasteiger partial charge >= 0.3 is 0 Å². The molecule has 4 nitrogen and oxygen atoms in total. The van der Waals surface area contributed by atoms with E-state index >= 15 is 0 Å². The van der Waals surface area contributed by atoms with Crippen LogP contribution in [0.1, 0.15) is 56.7 Å². The summed E-state index contributed by atoms with van der Waals surface area (Å²) in [6.45, 7) is 8.55. The number of hydrazone groups is 1. The molecular formula is C25H27N3O. The van der Waals surface area contributed by atoms with Crippen LogP contribution in [0.2, 0.25) is 0 Å². The Kier molecular flexibility index (Phi) is 4.95. The van der Waals surface area contributed by atoms with E-state index in [1.54, 1.807) is 6.20 Å². The van der Waals surface area contributed by atoms with Gasteiger partial charge in [0.25, 0.3) is 0 Å². The number of benzene rings is 2. The predicted octanol–water partition coefficient (Wildman–Crippen LogP) is 5.18. The van der Waals surface area contributed by atoms with E-state index in [1.165, 1.54) is 11.1 Å². The molecule has 0 aliphatic heterocycles. The monoisotopic (exact) mass is 385 g/mol. The molecule has 1 amide bonds. The number of carbonyl (C=O) groups is 1. The summed E-state index contributed by atoms with van der Waals surface area (Å²) in [6, 6.07) is 16.7. The first kappa shape index (κ1) is 19.3. The minimum absolute atomic E-state index is 0.00348. The molecule has 2 aromatic carbocycles. The number of nitrogens with one attached hydrogen (secondary N) is 1. The number of carbonyl (C=O) groups excluding carboxylic acids is 1. The van der Waals surface area contributed by atoms with E-state index in [0.717, 1.165) is 28.5 Å². The van der Waals surface area contributed by atoms with E-state index in [1.807, 2.05) is 37.4 Å². The first-order valence-corrected chi connectivity index (χ1v) is 10.1. The number of hydrogen-bond donors (Lipinski definition) is 1. The van der Waals surface area contributed by atoms with Gasteiger partial charge in [0.15, 0.2) is 0 Å². The molecule has 0 bridgehead atoms. The van der Waals surface area contributed by atoms with Gasteiger partial charge in [-0.05, 0) is 47.3 Å². The van der Waals surface area contributed by atoms with Gasteiger partial charge in [-0.25, -0.2) is 5.43 Å². The summed E-state index contributed by atoms with van der Waals surface area (Å²) in [4.78, 5) is 16.8. The fraction of sp³-hybridized carbons (Fsp3) is 0.320. The van der Waals surface area contributed by atoms with Crippen molar-refractivity contribution in [3.05, 3.63) is 77.6 Å². The summed E-state index contributed by atoms with van der Waals surface area (Å²) in [5.41, 5.74) is 7.27. The van der Waals surface area contributed by atoms with Gasteiger partial charge < -0.3 is 0 Å². The molecule has 1 heterocycles. The second kappa shape index (κ2) is 7.43. The van der Waals surface area contributed by atoms with Crippen LogP contribution in [0.15, 0.2) is 66.0 Å². The lowest BCUT2D eigenvalue weighted by atomic mass is 9.86. The molecule has 0 spiro atoms. The Morgan fingerprint density at radius 3 is 2.59 bits per heavy atom. The first-order valence-electron chi connectivity index (χ1n) is 10.1. The Bertz CT molecular complexity index is 1070. The van der Waals surface area contributed by atoms with Gasteiger partial charge in [-0.15, -0.1) is 0 Å². The second-order valence-corrected chi connectivity index (χ2v) is 8.90. The highest BCUT2D eigenvalue weighted by molar-refractivity contribution is 6.09. The Morgan fingerprint density at radius 1 is 1.10 bits per heavy atom. The number of nitrogens with zero attached hydrogens (tertiary/aromatic N) is 2. The van der Waals surface area contributed by atoms with E-state index in [2.05, 4.69) is 60.5 Å². The van der Waals surface area contributed by atoms with Gasteiger partial charge in [0.1, 0.15) is 0 Å². The Labute approximate surface area is 172 Å². The van der Waals surface area contributed by atoms with Crippen molar-refractivity contribution < 1.29 is 4.79 Å². The van der Waals surface area contributed by atoms with Crippen LogP contribution in [-0.4, -0.2) is 16.6 Å². The highest BCUT2D eigenvalue weighted by Crippen LogP contribution is 2.47. The van der Waals surface area contributed by atoms with Crippen molar-refractivity contribution in [3.8, 4) is 0 Å². The van der Waals surface area contributed by atoms with E-state index in [9.17, 15) is 4.79 Å². The molecule has 1 fully saturated rings. The van der Waals surface area contributed by atoms with Crippen molar-refractivity contribution in [2.45, 2.75) is 45.4 Å². The number of fused-ring (bicyclic) bond motifs is 1. The first-order chi connectivity index (χ1) is 13.8. The van der Waals surface area contributed by atoms with Crippen molar-refractivity contribution >= 4 is 22.4 Å². The summed E-state index contributed by atoms with van der Waals surface area (Å²) < 4.78 is 0. The Morgan fingerprint density at radius 2 is 1.86 bits per heavy atom. The zero-order valence-corrected chi connectivity index (χ0v) is 17.4. The highest BCUT2D eigenvalue weighted by atomic mass is 16.2. The number of rotatable bonds is 4. The van der Waals surface area contributed by atoms with Crippen LogP contribution in [0.4, 0.5) is 0 Å². The number of hydrogen-bond acceptors (Lipinski definition) is 3. The van der Waals surface area contributed by atoms with Crippen LogP contribution in [0.3, 0.4) is 0 Å². The van der Waals surface area contributed by atoms with E-state index in [-0.39, 0.29) is 17.2 Å². The molecule has 1 aliphatic carbocycles. The summed E-state index contributed by atoms with van der Waals surface area (Å²) in [5, 5.41) is 6.52. The fourth-order valence-electron chi connectivity index (χ4n) is 3.80. The molecule has 2 atom stereocenters. The van der Waals surface area contributed by atoms with Crippen molar-refractivity contribution in [3.63, 3.8) is 0 Å². The summed E-state index contributed by atoms with van der Waals surface area (Å²) >= 11 is 0. The second-order valence-electron chi connectivity index (χ2n) is 8.90. The van der Waals surface area contributed by atoms with Crippen LogP contribution in [-0.2, 0) is 10.2 Å². The SMILES string of the molecule is C/C(=N/NC(=O)C1CC1c1ccc(C(C)(C)C)cc1)c1cccc2cnccc12. The maximum atomic E-state index is 12.6. The molecule has 1 aliphatic rings. The molecule has 1 saturated carbocycles. The molecule has 4 rings (SSSR count). The van der Waals surface area contributed by atoms with Gasteiger partial charge in [0, 0.05) is 29.3 Å². The number of pyridine rings is 1. The van der Waals surface area contributed by atoms with Crippen molar-refractivity contribution in [1.82, 2.24) is 10.4 Å². The molecule has 0 radical (unpaired) electrons. The van der Waals surface area contributed by atoms with E-state index < -0.39 is 0 Å². The van der Waals surface area contributed by atoms with Crippen LogP contribution >= 0.6 is 0 Å². The summed E-state index contributed by atoms with van der Waals surface area (Å²) in [7, 11) is 0. The van der Waals surface area contributed by atoms with Gasteiger partial charge in [0.05, 0.1) is 5.71 Å². The summed E-state index contributed by atoms with van der Waals surface area (Å²) in [5.74, 6) is 0.294. The third-order valence-electron chi connectivity index (χ3n) is 5.74. The lowest BCUT2D eigenvalue weighted by molar-refractivity contribution is -0.122. The largest absolute Gasteiger partial charge is 0.273 e. The third kappa shape index (κ3) is 4.07. The lowest BCUT2D eigenvalue weighted by Gasteiger charge is -2.19. The van der Waals surface area contributed by atoms with Crippen molar-refractivity contribution in [2.75, 3.05) is 0 Å². The van der Waals surface area contributed by atoms with E-state index in [0.29, 0.717) is 5.92 Å². The summed E-state index contributed by atoms with van der Waals surface area (Å²) in [6.07, 6.45) is 4.50. The standard InChI is InChI=1S/C25H27N3O/c1-16(20-7-5-6-18-15-26-13-12-21(18)20)27-28-24(29)23-14-22(23)17-8-10-19(11-9-17)25(2,3)4/h5-13,15,22-23H,14H2,1-4H3,(H,28,29)/b27-16-. The van der Waals surface area contributed by atoms with Crippen LogP contribution in [0.25, 0.3) is 10.8 Å². The van der Waals surface area contributed by atoms with Gasteiger partial charge in [-0.1, -0.05) is 63.2 Å². The zero-order chi connectivity index (χ0) is 20.6. The molecule has 0 saturated heterocycles. The minimum Gasteiger partial charge on any atom is -0.273 e. The predicted molar refractivity (Wildman–Crippen MR) is 118 cm³/mol. The van der Waals surface area contributed by atoms with Crippen molar-refractivity contribution in [2.24, 2.45) is 11.0 Å². The smallest absolute Gasteiger partial charge is 0.243 e. The topological polar surface area (TPSA) is 54.4 Å². The maximum Gasteiger partial charge on any atom is 0.243 e. The maximum absolute atomic E-state index is 12.6. The molecule has 1 aromatic heterocycles.